The first-order chi connectivity index (χ1) is 14.2. The number of nitrogens with zero attached hydrogens (tertiary/aromatic N) is 2. The topological polar surface area (TPSA) is 104 Å². The monoisotopic (exact) mass is 409 g/mol. The van der Waals surface area contributed by atoms with Crippen molar-refractivity contribution in [3.63, 3.8) is 0 Å². The molecule has 0 aliphatic rings. The minimum atomic E-state index is -0.623. The minimum Gasteiger partial charge on any atom is -0.452 e. The van der Waals surface area contributed by atoms with Crippen molar-refractivity contribution in [2.75, 3.05) is 5.32 Å². The Morgan fingerprint density at radius 1 is 1.07 bits per heavy atom. The van der Waals surface area contributed by atoms with Crippen LogP contribution in [-0.4, -0.2) is 27.9 Å². The van der Waals surface area contributed by atoms with Gasteiger partial charge in [0.25, 0.3) is 5.89 Å². The van der Waals surface area contributed by atoms with Crippen molar-refractivity contribution in [2.24, 2.45) is 0 Å². The summed E-state index contributed by atoms with van der Waals surface area (Å²) < 4.78 is 16.0. The van der Waals surface area contributed by atoms with Crippen molar-refractivity contribution in [3.05, 3.63) is 65.5 Å². The fourth-order valence-electron chi connectivity index (χ4n) is 2.56. The molecule has 8 heteroatoms. The highest BCUT2D eigenvalue weighted by Crippen LogP contribution is 2.20. The third kappa shape index (κ3) is 5.91. The number of amides is 1. The van der Waals surface area contributed by atoms with Crippen molar-refractivity contribution < 1.29 is 23.5 Å². The van der Waals surface area contributed by atoms with Crippen molar-refractivity contribution in [1.82, 2.24) is 10.2 Å². The SMILES string of the molecule is Cc1cccc(-c2nnc(COC(=O)c3cccc(NC(=O)OC(C)(C)C)c3)o2)c1. The van der Waals surface area contributed by atoms with E-state index in [1.165, 1.54) is 6.07 Å². The summed E-state index contributed by atoms with van der Waals surface area (Å²) in [5.41, 5.74) is 1.92. The molecule has 1 N–H and O–H groups in total. The summed E-state index contributed by atoms with van der Waals surface area (Å²) in [7, 11) is 0. The van der Waals surface area contributed by atoms with Crippen LogP contribution in [0.2, 0.25) is 0 Å². The summed E-state index contributed by atoms with van der Waals surface area (Å²) in [6.45, 7) is 7.10. The van der Waals surface area contributed by atoms with E-state index < -0.39 is 17.7 Å². The minimum absolute atomic E-state index is 0.165. The molecule has 0 fully saturated rings. The summed E-state index contributed by atoms with van der Waals surface area (Å²) in [5.74, 6) is -0.0469. The third-order valence-corrected chi connectivity index (χ3v) is 3.80. The van der Waals surface area contributed by atoms with Crippen LogP contribution in [0.5, 0.6) is 0 Å². The van der Waals surface area contributed by atoms with E-state index in [1.54, 1.807) is 39.0 Å². The lowest BCUT2D eigenvalue weighted by Crippen LogP contribution is -2.27. The summed E-state index contributed by atoms with van der Waals surface area (Å²) >= 11 is 0. The second-order valence-electron chi connectivity index (χ2n) is 7.65. The number of nitrogens with one attached hydrogen (secondary N) is 1. The molecule has 0 spiro atoms. The Bertz CT molecular complexity index is 1050. The molecule has 2 aromatic carbocycles. The number of benzene rings is 2. The number of carbonyl (C=O) groups is 2. The van der Waals surface area contributed by atoms with Crippen LogP contribution >= 0.6 is 0 Å². The van der Waals surface area contributed by atoms with Gasteiger partial charge in [0.2, 0.25) is 5.89 Å². The zero-order valence-corrected chi connectivity index (χ0v) is 17.3. The van der Waals surface area contributed by atoms with Crippen molar-refractivity contribution >= 4 is 17.7 Å². The van der Waals surface area contributed by atoms with E-state index in [2.05, 4.69) is 15.5 Å². The second kappa shape index (κ2) is 8.77. The molecule has 0 radical (unpaired) electrons. The van der Waals surface area contributed by atoms with Gasteiger partial charge < -0.3 is 13.9 Å². The molecule has 0 atom stereocenters. The van der Waals surface area contributed by atoms with Crippen molar-refractivity contribution in [1.29, 1.82) is 0 Å². The predicted molar refractivity (Wildman–Crippen MR) is 110 cm³/mol. The van der Waals surface area contributed by atoms with Crippen LogP contribution in [0.3, 0.4) is 0 Å². The zero-order valence-electron chi connectivity index (χ0n) is 17.3. The Morgan fingerprint density at radius 2 is 1.83 bits per heavy atom. The molecule has 0 bridgehead atoms. The highest BCUT2D eigenvalue weighted by Gasteiger charge is 2.17. The van der Waals surface area contributed by atoms with E-state index >= 15 is 0 Å². The van der Waals surface area contributed by atoms with Gasteiger partial charge in [0, 0.05) is 11.3 Å². The van der Waals surface area contributed by atoms with Crippen LogP contribution in [0.1, 0.15) is 42.6 Å². The number of carbonyl (C=O) groups excluding carboxylic acids is 2. The molecule has 8 nitrogen and oxygen atoms in total. The molecule has 156 valence electrons. The maximum absolute atomic E-state index is 12.4. The lowest BCUT2D eigenvalue weighted by Gasteiger charge is -2.19. The summed E-state index contributed by atoms with van der Waals surface area (Å²) in [4.78, 5) is 24.2. The number of aromatic nitrogens is 2. The van der Waals surface area contributed by atoms with Crippen LogP contribution in [0.15, 0.2) is 52.9 Å². The first-order valence-electron chi connectivity index (χ1n) is 9.36. The molecule has 0 saturated carbocycles. The fraction of sp³-hybridized carbons (Fsp3) is 0.273. The van der Waals surface area contributed by atoms with Gasteiger partial charge in [0.15, 0.2) is 6.61 Å². The van der Waals surface area contributed by atoms with Crippen molar-refractivity contribution in [2.45, 2.75) is 39.9 Å². The van der Waals surface area contributed by atoms with Gasteiger partial charge in [0.1, 0.15) is 5.60 Å². The van der Waals surface area contributed by atoms with Crippen LogP contribution in [-0.2, 0) is 16.1 Å². The molecule has 3 aromatic rings. The number of ether oxygens (including phenoxy) is 2. The Morgan fingerprint density at radius 3 is 2.57 bits per heavy atom. The molecular weight excluding hydrogens is 386 g/mol. The standard InChI is InChI=1S/C22H23N3O5/c1-14-7-5-8-15(11-14)19-25-24-18(29-19)13-28-20(26)16-9-6-10-17(12-16)23-21(27)30-22(2,3)4/h5-12H,13H2,1-4H3,(H,23,27). The lowest BCUT2D eigenvalue weighted by atomic mass is 10.1. The Kier molecular flexibility index (Phi) is 6.15. The average Bonchev–Trinajstić information content (AvgIpc) is 3.14. The number of aryl methyl sites for hydroxylation is 1. The Balaban J connectivity index is 1.60. The van der Waals surface area contributed by atoms with E-state index in [1.807, 2.05) is 31.2 Å². The molecule has 1 amide bonds. The van der Waals surface area contributed by atoms with Crippen LogP contribution < -0.4 is 5.32 Å². The van der Waals surface area contributed by atoms with Gasteiger partial charge in [-0.05, 0) is 58.0 Å². The summed E-state index contributed by atoms with van der Waals surface area (Å²) in [6, 6.07) is 14.0. The van der Waals surface area contributed by atoms with E-state index in [0.29, 0.717) is 11.6 Å². The number of rotatable bonds is 5. The van der Waals surface area contributed by atoms with Gasteiger partial charge in [-0.25, -0.2) is 9.59 Å². The third-order valence-electron chi connectivity index (χ3n) is 3.80. The van der Waals surface area contributed by atoms with Gasteiger partial charge >= 0.3 is 12.1 Å². The van der Waals surface area contributed by atoms with Crippen molar-refractivity contribution in [3.8, 4) is 11.5 Å². The van der Waals surface area contributed by atoms with E-state index in [4.69, 9.17) is 13.9 Å². The fourth-order valence-corrected chi connectivity index (χ4v) is 2.56. The molecule has 1 heterocycles. The summed E-state index contributed by atoms with van der Waals surface area (Å²) in [6.07, 6.45) is -0.609. The Hall–Kier alpha value is -3.68. The highest BCUT2D eigenvalue weighted by atomic mass is 16.6. The van der Waals surface area contributed by atoms with Crippen LogP contribution in [0, 0.1) is 6.92 Å². The van der Waals surface area contributed by atoms with Gasteiger partial charge in [0.05, 0.1) is 5.56 Å². The number of esters is 1. The number of hydrogen-bond acceptors (Lipinski definition) is 7. The smallest absolute Gasteiger partial charge is 0.412 e. The average molecular weight is 409 g/mol. The molecule has 0 aliphatic carbocycles. The number of hydrogen-bond donors (Lipinski definition) is 1. The number of anilines is 1. The Labute approximate surface area is 174 Å². The van der Waals surface area contributed by atoms with E-state index in [9.17, 15) is 9.59 Å². The molecule has 1 aromatic heterocycles. The summed E-state index contributed by atoms with van der Waals surface area (Å²) in [5, 5.41) is 10.5. The molecule has 0 unspecified atom stereocenters. The molecule has 30 heavy (non-hydrogen) atoms. The van der Waals surface area contributed by atoms with Crippen LogP contribution in [0.4, 0.5) is 10.5 Å². The highest BCUT2D eigenvalue weighted by molar-refractivity contribution is 5.92. The maximum atomic E-state index is 12.4. The molecule has 0 aliphatic heterocycles. The molecular formula is C22H23N3O5. The first kappa shape index (κ1) is 21.0. The second-order valence-corrected chi connectivity index (χ2v) is 7.65. The quantitative estimate of drug-likeness (QED) is 0.607. The lowest BCUT2D eigenvalue weighted by molar-refractivity contribution is 0.0438. The van der Waals surface area contributed by atoms with E-state index in [-0.39, 0.29) is 18.1 Å². The first-order valence-corrected chi connectivity index (χ1v) is 9.36. The molecule has 0 saturated heterocycles. The van der Waals surface area contributed by atoms with Crippen LogP contribution in [0.25, 0.3) is 11.5 Å². The zero-order chi connectivity index (χ0) is 21.7. The van der Waals surface area contributed by atoms with Gasteiger partial charge in [-0.2, -0.15) is 0 Å². The van der Waals surface area contributed by atoms with Gasteiger partial charge in [-0.15, -0.1) is 10.2 Å². The van der Waals surface area contributed by atoms with E-state index in [0.717, 1.165) is 11.1 Å². The largest absolute Gasteiger partial charge is 0.452 e. The predicted octanol–water partition coefficient (Wildman–Crippen LogP) is 4.75. The normalized spacial score (nSPS) is 11.1. The maximum Gasteiger partial charge on any atom is 0.412 e. The molecule has 3 rings (SSSR count). The van der Waals surface area contributed by atoms with Gasteiger partial charge in [-0.1, -0.05) is 23.8 Å². The van der Waals surface area contributed by atoms with Gasteiger partial charge in [-0.3, -0.25) is 5.32 Å².